The second-order valence-electron chi connectivity index (χ2n) is 5.90. The lowest BCUT2D eigenvalue weighted by molar-refractivity contribution is 0.246. The number of likely N-dealkylation sites (tertiary alicyclic amines) is 1. The summed E-state index contributed by atoms with van der Waals surface area (Å²) in [6.45, 7) is 5.22. The maximum Gasteiger partial charge on any atom is 0.188 e. The number of nitrogens with one attached hydrogen (secondary N) is 1. The maximum absolute atomic E-state index is 14.3. The topological polar surface area (TPSA) is 53.6 Å². The van der Waals surface area contributed by atoms with E-state index in [1.807, 2.05) is 0 Å². The molecule has 1 aliphatic rings. The number of unbranched alkanes of at least 4 members (excludes halogenated alkanes) is 1. The van der Waals surface area contributed by atoms with Crippen molar-refractivity contribution < 1.29 is 4.39 Å². The van der Waals surface area contributed by atoms with E-state index in [0.29, 0.717) is 23.1 Å². The first-order chi connectivity index (χ1) is 11.1. The predicted molar refractivity (Wildman–Crippen MR) is 94.4 cm³/mol. The number of nitrogens with zero attached hydrogens (tertiary/aromatic N) is 2. The van der Waals surface area contributed by atoms with Crippen LogP contribution in [0.15, 0.2) is 23.2 Å². The Kier molecular flexibility index (Phi) is 7.12. The van der Waals surface area contributed by atoms with E-state index < -0.39 is 0 Å². The average Bonchev–Trinajstić information content (AvgIpc) is 3.04. The van der Waals surface area contributed by atoms with Crippen molar-refractivity contribution in [3.63, 3.8) is 0 Å². The Hall–Kier alpha value is -1.33. The fourth-order valence-corrected chi connectivity index (χ4v) is 3.19. The molecule has 6 heteroatoms. The molecule has 1 atom stereocenters. The van der Waals surface area contributed by atoms with Gasteiger partial charge in [0.2, 0.25) is 0 Å². The van der Waals surface area contributed by atoms with Gasteiger partial charge in [-0.3, -0.25) is 9.89 Å². The summed E-state index contributed by atoms with van der Waals surface area (Å²) in [5.41, 5.74) is 6.44. The number of hydrogen-bond donors (Lipinski definition) is 2. The third kappa shape index (κ3) is 5.08. The summed E-state index contributed by atoms with van der Waals surface area (Å²) in [5.74, 6) is 0.136. The smallest absolute Gasteiger partial charge is 0.188 e. The summed E-state index contributed by atoms with van der Waals surface area (Å²) in [5, 5.41) is 3.55. The van der Waals surface area contributed by atoms with Crippen LogP contribution in [0.25, 0.3) is 0 Å². The van der Waals surface area contributed by atoms with E-state index in [1.165, 1.54) is 6.07 Å². The molecule has 128 valence electrons. The molecule has 4 nitrogen and oxygen atoms in total. The molecule has 0 saturated carbocycles. The first-order valence-electron chi connectivity index (χ1n) is 8.35. The highest BCUT2D eigenvalue weighted by atomic mass is 35.5. The molecule has 1 fully saturated rings. The zero-order valence-electron chi connectivity index (χ0n) is 13.7. The highest BCUT2D eigenvalue weighted by molar-refractivity contribution is 6.31. The number of guanidine groups is 1. The van der Waals surface area contributed by atoms with Crippen LogP contribution in [-0.4, -0.2) is 37.0 Å². The molecule has 0 radical (unpaired) electrons. The van der Waals surface area contributed by atoms with Crippen molar-refractivity contribution >= 4 is 17.6 Å². The van der Waals surface area contributed by atoms with Gasteiger partial charge in [-0.15, -0.1) is 0 Å². The quantitative estimate of drug-likeness (QED) is 0.455. The van der Waals surface area contributed by atoms with E-state index in [2.05, 4.69) is 22.1 Å². The largest absolute Gasteiger partial charge is 0.370 e. The number of aliphatic imine (C=N–C) groups is 1. The van der Waals surface area contributed by atoms with Crippen molar-refractivity contribution in [2.45, 2.75) is 38.6 Å². The number of nitrogens with two attached hydrogens (primary N) is 1. The van der Waals surface area contributed by atoms with Crippen LogP contribution in [0, 0.1) is 5.82 Å². The maximum atomic E-state index is 14.3. The SMILES string of the molecule is CCCCNC(N)=NCC(c1c(F)cccc1Cl)N1CCCC1. The Bertz CT molecular complexity index is 509. The van der Waals surface area contributed by atoms with Gasteiger partial charge in [-0.2, -0.15) is 0 Å². The van der Waals surface area contributed by atoms with Crippen molar-refractivity contribution in [2.75, 3.05) is 26.2 Å². The van der Waals surface area contributed by atoms with Gasteiger partial charge < -0.3 is 11.1 Å². The second kappa shape index (κ2) is 9.08. The summed E-state index contributed by atoms with van der Waals surface area (Å²) in [4.78, 5) is 6.66. The fraction of sp³-hybridized carbons (Fsp3) is 0.588. The van der Waals surface area contributed by atoms with Gasteiger partial charge in [0.15, 0.2) is 5.96 Å². The third-order valence-corrected chi connectivity index (χ3v) is 4.51. The van der Waals surface area contributed by atoms with Crippen molar-refractivity contribution in [3.05, 3.63) is 34.6 Å². The molecule has 0 bridgehead atoms. The number of rotatable bonds is 7. The lowest BCUT2D eigenvalue weighted by atomic mass is 10.0. The monoisotopic (exact) mass is 340 g/mol. The molecule has 23 heavy (non-hydrogen) atoms. The molecule has 0 spiro atoms. The number of benzene rings is 1. The molecule has 1 aliphatic heterocycles. The van der Waals surface area contributed by atoms with E-state index in [1.54, 1.807) is 12.1 Å². The molecular weight excluding hydrogens is 315 g/mol. The van der Waals surface area contributed by atoms with E-state index in [9.17, 15) is 4.39 Å². The molecule has 1 heterocycles. The van der Waals surface area contributed by atoms with Gasteiger partial charge in [0.25, 0.3) is 0 Å². The molecule has 1 saturated heterocycles. The lowest BCUT2D eigenvalue weighted by Crippen LogP contribution is -2.34. The number of halogens is 2. The van der Waals surface area contributed by atoms with Gasteiger partial charge in [-0.1, -0.05) is 31.0 Å². The van der Waals surface area contributed by atoms with Gasteiger partial charge in [-0.05, 0) is 44.5 Å². The second-order valence-corrected chi connectivity index (χ2v) is 6.31. The molecule has 1 aromatic carbocycles. The molecule has 3 N–H and O–H groups in total. The third-order valence-electron chi connectivity index (χ3n) is 4.19. The molecule has 2 rings (SSSR count). The van der Waals surface area contributed by atoms with E-state index in [-0.39, 0.29) is 11.9 Å². The number of hydrogen-bond acceptors (Lipinski definition) is 2. The van der Waals surface area contributed by atoms with Crippen LogP contribution in [0.3, 0.4) is 0 Å². The average molecular weight is 341 g/mol. The van der Waals surface area contributed by atoms with Crippen LogP contribution in [0.4, 0.5) is 4.39 Å². The van der Waals surface area contributed by atoms with E-state index in [0.717, 1.165) is 45.3 Å². The van der Waals surface area contributed by atoms with E-state index >= 15 is 0 Å². The van der Waals surface area contributed by atoms with Crippen LogP contribution >= 0.6 is 11.6 Å². The summed E-state index contributed by atoms with van der Waals surface area (Å²) in [7, 11) is 0. The highest BCUT2D eigenvalue weighted by Gasteiger charge is 2.27. The minimum atomic E-state index is -0.276. The zero-order chi connectivity index (χ0) is 16.7. The van der Waals surface area contributed by atoms with Crippen molar-refractivity contribution in [2.24, 2.45) is 10.7 Å². The fourth-order valence-electron chi connectivity index (χ4n) is 2.91. The van der Waals surface area contributed by atoms with E-state index in [4.69, 9.17) is 17.3 Å². The molecule has 0 aliphatic carbocycles. The zero-order valence-corrected chi connectivity index (χ0v) is 14.4. The van der Waals surface area contributed by atoms with Crippen LogP contribution in [-0.2, 0) is 0 Å². The Labute approximate surface area is 142 Å². The lowest BCUT2D eigenvalue weighted by Gasteiger charge is -2.27. The Balaban J connectivity index is 2.13. The predicted octanol–water partition coefficient (Wildman–Crippen LogP) is 3.32. The highest BCUT2D eigenvalue weighted by Crippen LogP contribution is 2.32. The van der Waals surface area contributed by atoms with Crippen LogP contribution < -0.4 is 11.1 Å². The van der Waals surface area contributed by atoms with Crippen LogP contribution in [0.1, 0.15) is 44.2 Å². The molecule has 1 unspecified atom stereocenters. The van der Waals surface area contributed by atoms with Crippen LogP contribution in [0.2, 0.25) is 5.02 Å². The Morgan fingerprint density at radius 3 is 2.83 bits per heavy atom. The first-order valence-corrected chi connectivity index (χ1v) is 8.73. The van der Waals surface area contributed by atoms with Gasteiger partial charge in [0.1, 0.15) is 5.82 Å². The van der Waals surface area contributed by atoms with Gasteiger partial charge in [0.05, 0.1) is 12.6 Å². The minimum Gasteiger partial charge on any atom is -0.370 e. The van der Waals surface area contributed by atoms with Crippen LogP contribution in [0.5, 0.6) is 0 Å². The minimum absolute atomic E-state index is 0.169. The summed E-state index contributed by atoms with van der Waals surface area (Å²) >= 11 is 6.26. The molecule has 0 amide bonds. The summed E-state index contributed by atoms with van der Waals surface area (Å²) in [6, 6.07) is 4.65. The van der Waals surface area contributed by atoms with Gasteiger partial charge in [0, 0.05) is 17.1 Å². The van der Waals surface area contributed by atoms with Crippen molar-refractivity contribution in [3.8, 4) is 0 Å². The van der Waals surface area contributed by atoms with Crippen molar-refractivity contribution in [1.82, 2.24) is 10.2 Å². The Morgan fingerprint density at radius 1 is 1.43 bits per heavy atom. The molecule has 1 aromatic rings. The normalized spacial score (nSPS) is 17.4. The molecular formula is C17H26ClFN4. The van der Waals surface area contributed by atoms with Gasteiger partial charge >= 0.3 is 0 Å². The first kappa shape index (κ1) is 18.0. The van der Waals surface area contributed by atoms with Crippen molar-refractivity contribution in [1.29, 1.82) is 0 Å². The molecule has 0 aromatic heterocycles. The summed E-state index contributed by atoms with van der Waals surface area (Å²) < 4.78 is 14.3. The Morgan fingerprint density at radius 2 is 2.17 bits per heavy atom. The van der Waals surface area contributed by atoms with Gasteiger partial charge in [-0.25, -0.2) is 4.39 Å². The standard InChI is InChI=1S/C17H26ClFN4/c1-2-3-9-21-17(20)22-12-15(23-10-4-5-11-23)16-13(18)7-6-8-14(16)19/h6-8,15H,2-5,9-12H2,1H3,(H3,20,21,22). The summed E-state index contributed by atoms with van der Waals surface area (Å²) in [6.07, 6.45) is 4.39.